The summed E-state index contributed by atoms with van der Waals surface area (Å²) in [6, 6.07) is 6.36. The number of likely N-dealkylation sites (tertiary alicyclic amines) is 1. The van der Waals surface area contributed by atoms with E-state index in [-0.39, 0.29) is 0 Å². The maximum atomic E-state index is 10.2. The first kappa shape index (κ1) is 14.8. The van der Waals surface area contributed by atoms with Crippen LogP contribution in [0.15, 0.2) is 39.6 Å². The van der Waals surface area contributed by atoms with E-state index in [1.165, 1.54) is 18.4 Å². The number of thiophene rings is 1. The first-order chi connectivity index (χ1) is 10.3. The Morgan fingerprint density at radius 3 is 3.19 bits per heavy atom. The molecule has 4 nitrogen and oxygen atoms in total. The topological polar surface area (TPSA) is 45.8 Å². The van der Waals surface area contributed by atoms with E-state index in [0.717, 1.165) is 12.3 Å². The molecule has 2 atom stereocenters. The Morgan fingerprint density at radius 2 is 2.43 bits per heavy atom. The molecule has 114 valence electrons. The van der Waals surface area contributed by atoms with Crippen molar-refractivity contribution < 1.29 is 14.3 Å². The van der Waals surface area contributed by atoms with Crippen molar-refractivity contribution in [2.45, 2.75) is 31.6 Å². The molecule has 1 aliphatic heterocycles. The highest BCUT2D eigenvalue weighted by molar-refractivity contribution is 7.07. The highest BCUT2D eigenvalue weighted by Crippen LogP contribution is 2.32. The molecule has 0 saturated carbocycles. The summed E-state index contributed by atoms with van der Waals surface area (Å²) in [4.78, 5) is 2.36. The second-order valence-corrected chi connectivity index (χ2v) is 6.24. The molecule has 3 heterocycles. The molecule has 0 aliphatic carbocycles. The molecule has 1 N–H and O–H groups in total. The highest BCUT2D eigenvalue weighted by Gasteiger charge is 2.27. The number of hydrogen-bond acceptors (Lipinski definition) is 5. The van der Waals surface area contributed by atoms with Crippen LogP contribution in [0.4, 0.5) is 0 Å². The number of β-amino-alcohol motifs (C(OH)–C–C–N with tert-alkyl or cyclic N) is 1. The molecule has 3 rings (SSSR count). The van der Waals surface area contributed by atoms with Crippen molar-refractivity contribution in [2.24, 2.45) is 0 Å². The lowest BCUT2D eigenvalue weighted by molar-refractivity contribution is 0.00311. The van der Waals surface area contributed by atoms with Gasteiger partial charge in [-0.2, -0.15) is 11.3 Å². The van der Waals surface area contributed by atoms with Crippen LogP contribution in [0.2, 0.25) is 0 Å². The second-order valence-electron chi connectivity index (χ2n) is 5.46. The summed E-state index contributed by atoms with van der Waals surface area (Å²) in [5.41, 5.74) is 1.38. The van der Waals surface area contributed by atoms with E-state index in [0.29, 0.717) is 25.8 Å². The third kappa shape index (κ3) is 3.95. The number of furan rings is 1. The van der Waals surface area contributed by atoms with E-state index in [9.17, 15) is 5.11 Å². The standard InChI is InChI=1S/C16H21NO3S/c18-14(10-19-11-15-3-2-7-20-15)9-17-6-1-4-16(17)13-5-8-21-12-13/h2-3,5,7-8,12,14,16,18H,1,4,6,9-11H2/t14-,16-/m0/s1. The van der Waals surface area contributed by atoms with Crippen LogP contribution < -0.4 is 0 Å². The summed E-state index contributed by atoms with van der Waals surface area (Å²) in [6.45, 7) is 2.47. The third-order valence-corrected chi connectivity index (χ3v) is 4.57. The predicted octanol–water partition coefficient (Wildman–Crippen LogP) is 3.06. The van der Waals surface area contributed by atoms with E-state index in [1.54, 1.807) is 17.6 Å². The fourth-order valence-corrected chi connectivity index (χ4v) is 3.61. The van der Waals surface area contributed by atoms with Gasteiger partial charge in [0.1, 0.15) is 12.4 Å². The van der Waals surface area contributed by atoms with Crippen LogP contribution in [0.3, 0.4) is 0 Å². The molecule has 1 fully saturated rings. The number of hydrogen-bond donors (Lipinski definition) is 1. The Labute approximate surface area is 129 Å². The zero-order chi connectivity index (χ0) is 14.5. The molecule has 5 heteroatoms. The van der Waals surface area contributed by atoms with Crippen molar-refractivity contribution >= 4 is 11.3 Å². The Balaban J connectivity index is 1.44. The molecular formula is C16H21NO3S. The molecule has 0 bridgehead atoms. The Morgan fingerprint density at radius 1 is 1.48 bits per heavy atom. The van der Waals surface area contributed by atoms with E-state index in [4.69, 9.17) is 9.15 Å². The van der Waals surface area contributed by atoms with Gasteiger partial charge in [-0.05, 0) is 53.9 Å². The lowest BCUT2D eigenvalue weighted by Gasteiger charge is -2.26. The lowest BCUT2D eigenvalue weighted by atomic mass is 10.1. The van der Waals surface area contributed by atoms with Gasteiger partial charge in [-0.3, -0.25) is 4.90 Å². The minimum absolute atomic E-state index is 0.341. The van der Waals surface area contributed by atoms with Gasteiger partial charge < -0.3 is 14.3 Å². The first-order valence-corrected chi connectivity index (χ1v) is 8.31. The van der Waals surface area contributed by atoms with Crippen LogP contribution >= 0.6 is 11.3 Å². The largest absolute Gasteiger partial charge is 0.467 e. The van der Waals surface area contributed by atoms with Crippen molar-refractivity contribution in [1.82, 2.24) is 4.90 Å². The minimum atomic E-state index is -0.459. The SMILES string of the molecule is O[C@H](COCc1ccco1)CN1CCC[C@H]1c1ccsc1. The van der Waals surface area contributed by atoms with E-state index in [1.807, 2.05) is 12.1 Å². The highest BCUT2D eigenvalue weighted by atomic mass is 32.1. The van der Waals surface area contributed by atoms with Gasteiger partial charge in [-0.15, -0.1) is 0 Å². The molecular weight excluding hydrogens is 286 g/mol. The van der Waals surface area contributed by atoms with Gasteiger partial charge in [-0.25, -0.2) is 0 Å². The summed E-state index contributed by atoms with van der Waals surface area (Å²) in [5, 5.41) is 14.5. The average molecular weight is 307 g/mol. The third-order valence-electron chi connectivity index (χ3n) is 3.87. The van der Waals surface area contributed by atoms with Crippen molar-refractivity contribution in [3.8, 4) is 0 Å². The van der Waals surface area contributed by atoms with Crippen LogP contribution in [0.25, 0.3) is 0 Å². The smallest absolute Gasteiger partial charge is 0.129 e. The van der Waals surface area contributed by atoms with Crippen LogP contribution in [-0.2, 0) is 11.3 Å². The zero-order valence-electron chi connectivity index (χ0n) is 12.0. The fourth-order valence-electron chi connectivity index (χ4n) is 2.90. The van der Waals surface area contributed by atoms with Gasteiger partial charge in [-0.1, -0.05) is 0 Å². The minimum Gasteiger partial charge on any atom is -0.467 e. The van der Waals surface area contributed by atoms with Gasteiger partial charge in [0.15, 0.2) is 0 Å². The number of nitrogens with zero attached hydrogens (tertiary/aromatic N) is 1. The summed E-state index contributed by atoms with van der Waals surface area (Å²) in [5.74, 6) is 0.791. The Hall–Kier alpha value is -1.14. The average Bonchev–Trinajstić information content (AvgIpc) is 3.20. The summed E-state index contributed by atoms with van der Waals surface area (Å²) >= 11 is 1.74. The van der Waals surface area contributed by atoms with Gasteiger partial charge in [0.2, 0.25) is 0 Å². The molecule has 0 aromatic carbocycles. The summed E-state index contributed by atoms with van der Waals surface area (Å²) in [6.07, 6.45) is 3.54. The predicted molar refractivity (Wildman–Crippen MR) is 82.2 cm³/mol. The zero-order valence-corrected chi connectivity index (χ0v) is 12.8. The second kappa shape index (κ2) is 7.22. The number of ether oxygens (including phenoxy) is 1. The Kier molecular flexibility index (Phi) is 5.08. The van der Waals surface area contributed by atoms with E-state index >= 15 is 0 Å². The molecule has 0 radical (unpaired) electrons. The molecule has 2 aromatic heterocycles. The number of aliphatic hydroxyl groups excluding tert-OH is 1. The van der Waals surface area contributed by atoms with Crippen LogP contribution in [0.1, 0.15) is 30.2 Å². The molecule has 1 saturated heterocycles. The van der Waals surface area contributed by atoms with Crippen LogP contribution in [0.5, 0.6) is 0 Å². The fraction of sp³-hybridized carbons (Fsp3) is 0.500. The maximum Gasteiger partial charge on any atom is 0.129 e. The van der Waals surface area contributed by atoms with Gasteiger partial charge in [0, 0.05) is 12.6 Å². The van der Waals surface area contributed by atoms with Crippen molar-refractivity contribution in [3.63, 3.8) is 0 Å². The van der Waals surface area contributed by atoms with Crippen LogP contribution in [0, 0.1) is 0 Å². The van der Waals surface area contributed by atoms with Crippen molar-refractivity contribution in [2.75, 3.05) is 19.7 Å². The van der Waals surface area contributed by atoms with Gasteiger partial charge in [0.25, 0.3) is 0 Å². The molecule has 1 aliphatic rings. The van der Waals surface area contributed by atoms with Crippen LogP contribution in [-0.4, -0.2) is 35.8 Å². The number of rotatable bonds is 7. The maximum absolute atomic E-state index is 10.2. The molecule has 0 spiro atoms. The summed E-state index contributed by atoms with van der Waals surface area (Å²) in [7, 11) is 0. The first-order valence-electron chi connectivity index (χ1n) is 7.37. The van der Waals surface area contributed by atoms with Gasteiger partial charge >= 0.3 is 0 Å². The molecule has 2 aromatic rings. The lowest BCUT2D eigenvalue weighted by Crippen LogP contribution is -2.34. The van der Waals surface area contributed by atoms with Crippen molar-refractivity contribution in [1.29, 1.82) is 0 Å². The normalized spacial score (nSPS) is 20.9. The number of aliphatic hydroxyl groups is 1. The monoisotopic (exact) mass is 307 g/mol. The Bertz CT molecular complexity index is 512. The molecule has 0 amide bonds. The summed E-state index contributed by atoms with van der Waals surface area (Å²) < 4.78 is 10.7. The quantitative estimate of drug-likeness (QED) is 0.854. The molecule has 21 heavy (non-hydrogen) atoms. The van der Waals surface area contributed by atoms with E-state index in [2.05, 4.69) is 21.7 Å². The van der Waals surface area contributed by atoms with Crippen molar-refractivity contribution in [3.05, 3.63) is 46.5 Å². The van der Waals surface area contributed by atoms with Gasteiger partial charge in [0.05, 0.1) is 19.0 Å². The molecule has 0 unspecified atom stereocenters. The van der Waals surface area contributed by atoms with E-state index < -0.39 is 6.10 Å².